The number of benzene rings is 2. The van der Waals surface area contributed by atoms with Gasteiger partial charge in [0.15, 0.2) is 0 Å². The Morgan fingerprint density at radius 2 is 1.37 bits per heavy atom. The molecule has 2 saturated carbocycles. The first kappa shape index (κ1) is 75.8. The number of carbonyl (C=O) groups excluding carboxylic acids is 10. The molecule has 542 valence electrons. The van der Waals surface area contributed by atoms with Crippen molar-refractivity contribution in [3.8, 4) is 0 Å². The van der Waals surface area contributed by atoms with Crippen LogP contribution in [0.4, 0.5) is 4.39 Å². The van der Waals surface area contributed by atoms with E-state index in [1.54, 1.807) is 12.3 Å². The molecule has 5 heterocycles. The molecule has 2 aliphatic carbocycles. The van der Waals surface area contributed by atoms with Gasteiger partial charge in [0.05, 0.1) is 19.1 Å². The third-order valence-corrected chi connectivity index (χ3v) is 22.0. The van der Waals surface area contributed by atoms with Gasteiger partial charge in [-0.15, -0.1) is 0 Å². The average molecular weight is 1420 g/mol. The number of aliphatic carboxylic acids is 1. The summed E-state index contributed by atoms with van der Waals surface area (Å²) in [4.78, 5) is 162. The number of para-hydroxylation sites is 1. The summed E-state index contributed by atoms with van der Waals surface area (Å²) in [5, 5.41) is 53.3. The van der Waals surface area contributed by atoms with E-state index in [0.29, 0.717) is 112 Å². The topological polar surface area (TPSA) is 432 Å². The molecule has 3 saturated heterocycles. The van der Waals surface area contributed by atoms with Crippen LogP contribution >= 0.6 is 23.5 Å². The number of carboxylic acids is 1. The van der Waals surface area contributed by atoms with Crippen molar-refractivity contribution in [2.24, 2.45) is 29.2 Å². The van der Waals surface area contributed by atoms with Crippen LogP contribution in [0.25, 0.3) is 10.9 Å². The number of carboxylic acid groups (broad SMARTS) is 1. The zero-order valence-corrected chi connectivity index (χ0v) is 57.5. The number of carbonyl (C=O) groups is 11. The Bertz CT molecular complexity index is 3320. The van der Waals surface area contributed by atoms with Gasteiger partial charge in [-0.2, -0.15) is 23.5 Å². The molecule has 13 atom stereocenters. The summed E-state index contributed by atoms with van der Waals surface area (Å²) in [6.07, 6.45) is 3.59. The normalized spacial score (nSPS) is 30.6. The van der Waals surface area contributed by atoms with Gasteiger partial charge in [-0.25, -0.2) is 4.39 Å². The highest BCUT2D eigenvalue weighted by Crippen LogP contribution is 2.38. The molecule has 6 aliphatic rings. The third-order valence-electron chi connectivity index (χ3n) is 19.9. The second-order valence-corrected chi connectivity index (χ2v) is 29.3. The van der Waals surface area contributed by atoms with Gasteiger partial charge < -0.3 is 90.0 Å². The van der Waals surface area contributed by atoms with Crippen molar-refractivity contribution >= 4 is 99.5 Å². The minimum Gasteiger partial charge on any atom is -0.481 e. The molecule has 1 aromatic heterocycles. The number of aliphatic hydroxyl groups excluding tert-OH is 1. The fraction of sp³-hybridized carbons (Fsp3) is 0.632. The van der Waals surface area contributed by atoms with E-state index in [9.17, 15) is 43.8 Å². The number of aliphatic hydroxyl groups is 1. The van der Waals surface area contributed by atoms with E-state index in [1.165, 1.54) is 28.4 Å². The third kappa shape index (κ3) is 22.3. The monoisotopic (exact) mass is 1420 g/mol. The van der Waals surface area contributed by atoms with E-state index in [4.69, 9.17) is 11.5 Å². The lowest BCUT2D eigenvalue weighted by molar-refractivity contribution is -0.143. The van der Waals surface area contributed by atoms with Gasteiger partial charge in [0.25, 0.3) is 0 Å². The Morgan fingerprint density at radius 3 is 2.10 bits per heavy atom. The number of aromatic amines is 1. The average Bonchev–Trinajstić information content (AvgIpc) is 1.78. The highest BCUT2D eigenvalue weighted by Gasteiger charge is 2.45. The van der Waals surface area contributed by atoms with Crippen molar-refractivity contribution in [1.82, 2.24) is 68.4 Å². The lowest BCUT2D eigenvalue weighted by Crippen LogP contribution is -2.61. The van der Waals surface area contributed by atoms with Gasteiger partial charge in [-0.05, 0) is 150 Å². The Labute approximate surface area is 583 Å². The largest absolute Gasteiger partial charge is 0.481 e. The molecule has 2 bridgehead atoms. The van der Waals surface area contributed by atoms with E-state index in [2.05, 4.69) is 63.5 Å². The number of nitrogens with two attached hydrogens (primary N) is 2. The van der Waals surface area contributed by atoms with Gasteiger partial charge >= 0.3 is 5.97 Å². The maximum Gasteiger partial charge on any atom is 0.305 e. The SMILES string of the molecule is NCCCCC1NC(=O)CCSCc2cccc(c2)CSC[C@@H](C(N)=O)NC(=O)[C@@H]2CCCN2C(=O)[C@H](CC2CCC(O)CC2)NC(=O)[C@H](CC2CNCN2)NC(=O)[C@H](CC(=O)O)NC(=O)[C@H](CC2CNC3CCC(F)CC23)NC(=O)[C@@H](Cc2c[nH]c3ccccc23)NC(=O)CNC1=O. The van der Waals surface area contributed by atoms with Crippen molar-refractivity contribution in [3.05, 3.63) is 71.4 Å². The molecular formula is C68H98FN15O13S2. The van der Waals surface area contributed by atoms with E-state index in [-0.39, 0.29) is 81.5 Å². The number of thioether (sulfide) groups is 2. The molecule has 28 nitrogen and oxygen atoms in total. The lowest BCUT2D eigenvalue weighted by atomic mass is 9.77. The maximum absolute atomic E-state index is 15.2. The van der Waals surface area contributed by atoms with Crippen molar-refractivity contribution in [2.75, 3.05) is 50.9 Å². The Balaban J connectivity index is 1.02. The highest BCUT2D eigenvalue weighted by molar-refractivity contribution is 7.98. The van der Waals surface area contributed by atoms with Crippen molar-refractivity contribution in [1.29, 1.82) is 0 Å². The van der Waals surface area contributed by atoms with Crippen LogP contribution in [0, 0.1) is 17.8 Å². The zero-order valence-electron chi connectivity index (χ0n) is 55.8. The van der Waals surface area contributed by atoms with Gasteiger partial charge in [0.2, 0.25) is 59.1 Å². The summed E-state index contributed by atoms with van der Waals surface area (Å²) in [6.45, 7) is 0.838. The van der Waals surface area contributed by atoms with Crippen LogP contribution < -0.4 is 70.0 Å². The van der Waals surface area contributed by atoms with Crippen molar-refractivity contribution in [2.45, 2.75) is 200 Å². The molecule has 5 fully saturated rings. The molecule has 0 radical (unpaired) electrons. The highest BCUT2D eigenvalue weighted by atomic mass is 32.2. The van der Waals surface area contributed by atoms with Crippen LogP contribution in [-0.4, -0.2) is 209 Å². The number of H-pyrrole nitrogens is 1. The molecule has 4 aliphatic heterocycles. The van der Waals surface area contributed by atoms with Crippen LogP contribution in [0.2, 0.25) is 0 Å². The zero-order chi connectivity index (χ0) is 70.5. The molecule has 10 amide bonds. The number of hydrogen-bond acceptors (Lipinski definition) is 18. The predicted molar refractivity (Wildman–Crippen MR) is 370 cm³/mol. The van der Waals surface area contributed by atoms with E-state index in [0.717, 1.165) is 16.6 Å². The first-order valence-electron chi connectivity index (χ1n) is 34.9. The van der Waals surface area contributed by atoms with Gasteiger partial charge in [-0.3, -0.25) is 52.7 Å². The van der Waals surface area contributed by atoms with Crippen LogP contribution in [0.5, 0.6) is 0 Å². The van der Waals surface area contributed by atoms with Crippen LogP contribution in [-0.2, 0) is 70.7 Å². The maximum atomic E-state index is 15.2. The number of primary amides is 1. The number of unbranched alkanes of at least 4 members (excludes halogenated alkanes) is 1. The molecule has 6 unspecified atom stereocenters. The van der Waals surface area contributed by atoms with Gasteiger partial charge in [0, 0.05) is 84.8 Å². The number of fused-ring (bicyclic) bond motifs is 5. The number of hydrogen-bond donors (Lipinski definition) is 16. The summed E-state index contributed by atoms with van der Waals surface area (Å²) in [5.41, 5.74) is 14.9. The van der Waals surface area contributed by atoms with Crippen molar-refractivity contribution in [3.63, 3.8) is 0 Å². The summed E-state index contributed by atoms with van der Waals surface area (Å²) in [5.74, 6) is -8.57. The van der Waals surface area contributed by atoms with Gasteiger partial charge in [0.1, 0.15) is 54.5 Å². The molecule has 99 heavy (non-hydrogen) atoms. The Kier molecular flexibility index (Phi) is 28.6. The number of amides is 10. The summed E-state index contributed by atoms with van der Waals surface area (Å²) in [7, 11) is 0. The summed E-state index contributed by atoms with van der Waals surface area (Å²) >= 11 is 2.87. The molecule has 9 rings (SSSR count). The molecule has 2 aromatic carbocycles. The van der Waals surface area contributed by atoms with Gasteiger partial charge in [-0.1, -0.05) is 42.5 Å². The fourth-order valence-corrected chi connectivity index (χ4v) is 16.4. The second-order valence-electron chi connectivity index (χ2n) is 27.2. The van der Waals surface area contributed by atoms with E-state index in [1.807, 2.05) is 42.5 Å². The first-order valence-corrected chi connectivity index (χ1v) is 37.2. The molecule has 31 heteroatoms. The molecular weight excluding hydrogens is 1320 g/mol. The summed E-state index contributed by atoms with van der Waals surface area (Å²) in [6, 6.07) is 3.61. The summed E-state index contributed by atoms with van der Waals surface area (Å²) < 4.78 is 15.2. The first-order chi connectivity index (χ1) is 47.7. The number of halogens is 1. The minimum atomic E-state index is -1.89. The lowest BCUT2D eigenvalue weighted by Gasteiger charge is -2.34. The minimum absolute atomic E-state index is 0.0561. The standard InChI is InChI=1S/C68H98FN15O13S2/c69-43-15-18-49-47(27-43)42(31-74-49)26-52-64(93)81-54(29-60(88)89)66(95)80-53(28-44-32-72-37-76-44)65(94)82-55(24-38-13-16-45(85)17-14-38)68(97)84-21-6-12-57(84)67(96)83-56(61(71)90)36-99-35-40-8-5-7-39(23-40)34-98-22-19-58(86)77-50(11-3-4-20-70)62(91)75-33-59(87)78-51(63(92)79-52)25-41-30-73-48-10-2-1-9-46(41)48/h1-2,5,7-10,23,30,38,42-45,47,49-57,72-74,76,85H,3-4,6,11-22,24-29,31-37,70H2,(H2,71,90)(H,75,91)(H,77,86)(H,78,87)(H,79,92)(H,80,95)(H,81,93)(H,82,94)(H,83,96)(H,88,89)/t38?,42?,43?,44?,45?,47?,49?,50?,51-,52+,53+,54+,55+,56+,57+/m1/s1. The Hall–Kier alpha value is -7.42. The molecule has 0 spiro atoms. The van der Waals surface area contributed by atoms with Crippen molar-refractivity contribution < 1.29 is 67.3 Å². The van der Waals surface area contributed by atoms with Crippen LogP contribution in [0.1, 0.15) is 126 Å². The molecule has 3 aromatic rings. The Morgan fingerprint density at radius 1 is 0.677 bits per heavy atom. The number of aromatic nitrogens is 1. The van der Waals surface area contributed by atoms with E-state index >= 15 is 23.6 Å². The predicted octanol–water partition coefficient (Wildman–Crippen LogP) is -0.163. The fourth-order valence-electron chi connectivity index (χ4n) is 14.5. The van der Waals surface area contributed by atoms with E-state index < -0.39 is 151 Å². The smallest absolute Gasteiger partial charge is 0.305 e. The molecule has 18 N–H and O–H groups in total. The quantitative estimate of drug-likeness (QED) is 0.0879. The number of rotatable bonds is 15. The number of alkyl halides is 1. The van der Waals surface area contributed by atoms with Crippen LogP contribution in [0.3, 0.4) is 0 Å². The number of nitrogens with zero attached hydrogens (tertiary/aromatic N) is 1. The number of nitrogens with one attached hydrogen (secondary N) is 12. The van der Waals surface area contributed by atoms with Crippen LogP contribution in [0.15, 0.2) is 54.7 Å². The second kappa shape index (κ2) is 37.3.